The van der Waals surface area contributed by atoms with E-state index in [0.717, 1.165) is 50.2 Å². The molecule has 5 rings (SSSR count). The molecule has 3 aromatic rings. The lowest BCUT2D eigenvalue weighted by atomic mass is 9.86. The average molecular weight is 423 g/mol. The average Bonchev–Trinajstić information content (AvgIpc) is 3.08. The van der Waals surface area contributed by atoms with Crippen molar-refractivity contribution in [2.45, 2.75) is 31.8 Å². The zero-order valence-corrected chi connectivity index (χ0v) is 17.7. The van der Waals surface area contributed by atoms with Crippen molar-refractivity contribution in [1.29, 1.82) is 0 Å². The molecule has 2 aliphatic heterocycles. The first-order valence-electron chi connectivity index (χ1n) is 9.09. The van der Waals surface area contributed by atoms with E-state index in [1.807, 2.05) is 18.3 Å². The van der Waals surface area contributed by atoms with Crippen molar-refractivity contribution < 1.29 is 4.74 Å². The van der Waals surface area contributed by atoms with Gasteiger partial charge in [-0.2, -0.15) is 0 Å². The summed E-state index contributed by atoms with van der Waals surface area (Å²) in [6.07, 6.45) is 3.21. The molecule has 0 saturated carbocycles. The van der Waals surface area contributed by atoms with Gasteiger partial charge in [0.05, 0.1) is 12.1 Å². The van der Waals surface area contributed by atoms with Gasteiger partial charge in [0, 0.05) is 20.8 Å². The van der Waals surface area contributed by atoms with Crippen molar-refractivity contribution in [3.8, 4) is 10.4 Å². The molecule has 0 amide bonds. The smallest absolute Gasteiger partial charge is 0.105 e. The molecule has 27 heavy (non-hydrogen) atoms. The van der Waals surface area contributed by atoms with Crippen molar-refractivity contribution >= 4 is 47.1 Å². The normalized spacial score (nSPS) is 17.8. The summed E-state index contributed by atoms with van der Waals surface area (Å²) in [6, 6.07) is 13.3. The number of hydrogen-bond acceptors (Lipinski definition) is 4. The van der Waals surface area contributed by atoms with Gasteiger partial charge in [-0.3, -0.25) is 4.98 Å². The summed E-state index contributed by atoms with van der Waals surface area (Å²) in [4.78, 5) is 7.45. The Morgan fingerprint density at radius 2 is 1.89 bits per heavy atom. The second kappa shape index (κ2) is 8.06. The Labute approximate surface area is 176 Å². The quantitative estimate of drug-likeness (QED) is 0.579. The maximum Gasteiger partial charge on any atom is 0.105 e. The molecule has 0 atom stereocenters. The first kappa shape index (κ1) is 20.6. The minimum atomic E-state index is -0.0444. The van der Waals surface area contributed by atoms with Crippen molar-refractivity contribution in [3.05, 3.63) is 52.5 Å². The summed E-state index contributed by atoms with van der Waals surface area (Å²) in [6.45, 7) is 4.99. The molecule has 1 aromatic carbocycles. The SMILES string of the molecule is Cc1ccc2cc(-c3cc4c(s3)C3(CCNCC3)OCC4)ccc2n1.Cl.Cl. The summed E-state index contributed by atoms with van der Waals surface area (Å²) in [5.41, 5.74) is 4.88. The van der Waals surface area contributed by atoms with Gasteiger partial charge in [-0.1, -0.05) is 12.1 Å². The van der Waals surface area contributed by atoms with Crippen molar-refractivity contribution in [2.24, 2.45) is 0 Å². The number of nitrogens with zero attached hydrogens (tertiary/aromatic N) is 1. The van der Waals surface area contributed by atoms with Crippen LogP contribution in [0.2, 0.25) is 0 Å². The second-order valence-electron chi connectivity index (χ2n) is 7.17. The number of thiophene rings is 1. The van der Waals surface area contributed by atoms with Crippen LogP contribution in [0, 0.1) is 6.92 Å². The fourth-order valence-electron chi connectivity index (χ4n) is 4.15. The van der Waals surface area contributed by atoms with Gasteiger partial charge < -0.3 is 10.1 Å². The fourth-order valence-corrected chi connectivity index (χ4v) is 5.55. The number of hydrogen-bond donors (Lipinski definition) is 1. The monoisotopic (exact) mass is 422 g/mol. The number of aryl methyl sites for hydroxylation is 1. The highest BCUT2D eigenvalue weighted by molar-refractivity contribution is 7.15. The third-order valence-electron chi connectivity index (χ3n) is 5.50. The first-order valence-corrected chi connectivity index (χ1v) is 9.91. The fraction of sp³-hybridized carbons (Fsp3) is 0.381. The lowest BCUT2D eigenvalue weighted by molar-refractivity contribution is -0.0771. The molecule has 2 aliphatic rings. The zero-order valence-electron chi connectivity index (χ0n) is 15.3. The summed E-state index contributed by atoms with van der Waals surface area (Å²) in [7, 11) is 0. The van der Waals surface area contributed by atoms with Crippen LogP contribution in [0.1, 0.15) is 29.0 Å². The molecule has 1 fully saturated rings. The summed E-state index contributed by atoms with van der Waals surface area (Å²) in [5, 5.41) is 4.68. The summed E-state index contributed by atoms with van der Waals surface area (Å²) in [5.74, 6) is 0. The predicted molar refractivity (Wildman–Crippen MR) is 118 cm³/mol. The van der Waals surface area contributed by atoms with Crippen LogP contribution in [0.25, 0.3) is 21.3 Å². The van der Waals surface area contributed by atoms with E-state index in [9.17, 15) is 0 Å². The Morgan fingerprint density at radius 1 is 1.07 bits per heavy atom. The number of rotatable bonds is 1. The van der Waals surface area contributed by atoms with Crippen LogP contribution >= 0.6 is 36.2 Å². The van der Waals surface area contributed by atoms with Crippen molar-refractivity contribution in [3.63, 3.8) is 0 Å². The van der Waals surface area contributed by atoms with E-state index in [2.05, 4.69) is 46.7 Å². The predicted octanol–water partition coefficient (Wildman–Crippen LogP) is 5.27. The third-order valence-corrected chi connectivity index (χ3v) is 6.91. The first-order chi connectivity index (χ1) is 12.2. The molecule has 1 N–H and O–H groups in total. The van der Waals surface area contributed by atoms with Gasteiger partial charge in [0.1, 0.15) is 5.60 Å². The van der Waals surface area contributed by atoms with Gasteiger partial charge in [0.2, 0.25) is 0 Å². The van der Waals surface area contributed by atoms with Crippen LogP contribution in [0.15, 0.2) is 36.4 Å². The number of halogens is 2. The van der Waals surface area contributed by atoms with Gasteiger partial charge in [-0.25, -0.2) is 0 Å². The maximum atomic E-state index is 6.33. The topological polar surface area (TPSA) is 34.1 Å². The molecule has 0 bridgehead atoms. The van der Waals surface area contributed by atoms with Crippen LogP contribution in [0.4, 0.5) is 0 Å². The molecule has 144 valence electrons. The molecule has 6 heteroatoms. The zero-order chi connectivity index (χ0) is 16.9. The Bertz CT molecular complexity index is 951. The van der Waals surface area contributed by atoms with Gasteiger partial charge in [-0.05, 0) is 74.7 Å². The third kappa shape index (κ3) is 3.62. The van der Waals surface area contributed by atoms with E-state index in [1.54, 1.807) is 0 Å². The number of aromatic nitrogens is 1. The molecule has 4 heterocycles. The van der Waals surface area contributed by atoms with Crippen LogP contribution in [-0.2, 0) is 16.8 Å². The molecule has 0 unspecified atom stereocenters. The Balaban J connectivity index is 0.00000105. The van der Waals surface area contributed by atoms with Gasteiger partial charge >= 0.3 is 0 Å². The van der Waals surface area contributed by atoms with Crippen LogP contribution < -0.4 is 5.32 Å². The number of nitrogens with one attached hydrogen (secondary N) is 1. The summed E-state index contributed by atoms with van der Waals surface area (Å²) >= 11 is 1.93. The van der Waals surface area contributed by atoms with Crippen LogP contribution in [0.3, 0.4) is 0 Å². The van der Waals surface area contributed by atoms with Crippen LogP contribution in [-0.4, -0.2) is 24.7 Å². The van der Waals surface area contributed by atoms with Gasteiger partial charge in [0.15, 0.2) is 0 Å². The Hall–Kier alpha value is -1.17. The van der Waals surface area contributed by atoms with E-state index in [4.69, 9.17) is 4.74 Å². The largest absolute Gasteiger partial charge is 0.369 e. The molecule has 0 radical (unpaired) electrons. The highest BCUT2D eigenvalue weighted by Gasteiger charge is 2.40. The minimum absolute atomic E-state index is 0. The number of pyridine rings is 1. The number of fused-ring (bicyclic) bond motifs is 3. The second-order valence-corrected chi connectivity index (χ2v) is 8.22. The van der Waals surface area contributed by atoms with Gasteiger partial charge in [0.25, 0.3) is 0 Å². The lowest BCUT2D eigenvalue weighted by Crippen LogP contribution is -2.43. The van der Waals surface area contributed by atoms with E-state index in [1.165, 1.54) is 26.3 Å². The molecule has 3 nitrogen and oxygen atoms in total. The van der Waals surface area contributed by atoms with E-state index < -0.39 is 0 Å². The van der Waals surface area contributed by atoms with Crippen molar-refractivity contribution in [1.82, 2.24) is 10.3 Å². The standard InChI is InChI=1S/C21H22N2OS.2ClH/c1-14-2-3-15-12-16(4-5-18(15)23-14)19-13-17-6-11-24-21(20(17)25-19)7-9-22-10-8-21;;/h2-5,12-13,22H,6-11H2,1H3;2*1H. The molecule has 1 spiro atoms. The Kier molecular flexibility index (Phi) is 6.14. The molecular formula is C21H24Cl2N2OS. The number of ether oxygens (including phenoxy) is 1. The molecule has 1 saturated heterocycles. The lowest BCUT2D eigenvalue weighted by Gasteiger charge is -2.40. The summed E-state index contributed by atoms with van der Waals surface area (Å²) < 4.78 is 6.33. The Morgan fingerprint density at radius 3 is 2.70 bits per heavy atom. The van der Waals surface area contributed by atoms with Crippen LogP contribution in [0.5, 0.6) is 0 Å². The van der Waals surface area contributed by atoms with E-state index in [-0.39, 0.29) is 30.4 Å². The highest BCUT2D eigenvalue weighted by atomic mass is 35.5. The highest BCUT2D eigenvalue weighted by Crippen LogP contribution is 2.46. The minimum Gasteiger partial charge on any atom is -0.369 e. The van der Waals surface area contributed by atoms with Crippen molar-refractivity contribution in [2.75, 3.05) is 19.7 Å². The number of piperidine rings is 1. The molecule has 2 aromatic heterocycles. The molecule has 0 aliphatic carbocycles. The van der Waals surface area contributed by atoms with E-state index in [0.29, 0.717) is 0 Å². The van der Waals surface area contributed by atoms with Gasteiger partial charge in [-0.15, -0.1) is 36.2 Å². The maximum absolute atomic E-state index is 6.33. The van der Waals surface area contributed by atoms with E-state index >= 15 is 0 Å². The number of benzene rings is 1. The molecular weight excluding hydrogens is 399 g/mol.